The number of benzene rings is 1. The van der Waals surface area contributed by atoms with E-state index in [-0.39, 0.29) is 12.5 Å². The number of hydrogen-bond acceptors (Lipinski definition) is 4. The Morgan fingerprint density at radius 2 is 2.13 bits per heavy atom. The Kier molecular flexibility index (Phi) is 2.81. The number of nitrogens with one attached hydrogen (secondary N) is 1. The van der Waals surface area contributed by atoms with Crippen LogP contribution in [0.25, 0.3) is 16.9 Å². The molecule has 23 heavy (non-hydrogen) atoms. The lowest BCUT2D eigenvalue weighted by atomic mass is 10.1. The molecule has 6 heteroatoms. The third-order valence-corrected chi connectivity index (χ3v) is 4.05. The molecule has 0 fully saturated rings. The molecule has 3 heterocycles. The zero-order valence-corrected chi connectivity index (χ0v) is 12.9. The van der Waals surface area contributed by atoms with Crippen molar-refractivity contribution in [2.24, 2.45) is 0 Å². The molecule has 1 aromatic carbocycles. The zero-order valence-electron chi connectivity index (χ0n) is 12.9. The highest BCUT2D eigenvalue weighted by Gasteiger charge is 2.18. The number of carbonyl (C=O) groups excluding carboxylic acids is 1. The summed E-state index contributed by atoms with van der Waals surface area (Å²) in [5.41, 5.74) is 12.0. The normalized spacial score (nSPS) is 13.6. The fourth-order valence-electron chi connectivity index (χ4n) is 2.95. The highest BCUT2D eigenvalue weighted by atomic mass is 16.5. The topological polar surface area (TPSA) is 81.7 Å². The van der Waals surface area contributed by atoms with Gasteiger partial charge in [0.25, 0.3) is 5.91 Å². The van der Waals surface area contributed by atoms with Gasteiger partial charge in [-0.3, -0.25) is 4.79 Å². The first kappa shape index (κ1) is 13.6. The van der Waals surface area contributed by atoms with Crippen LogP contribution in [0.3, 0.4) is 0 Å². The van der Waals surface area contributed by atoms with Gasteiger partial charge in [0.1, 0.15) is 11.4 Å². The van der Waals surface area contributed by atoms with Crippen LogP contribution in [-0.2, 0) is 4.79 Å². The Bertz CT molecular complexity index is 959. The zero-order chi connectivity index (χ0) is 16.1. The number of pyridine rings is 1. The minimum atomic E-state index is -0.148. The van der Waals surface area contributed by atoms with E-state index in [1.807, 2.05) is 48.7 Å². The van der Waals surface area contributed by atoms with Crippen LogP contribution < -0.4 is 15.8 Å². The molecule has 0 aliphatic carbocycles. The number of hydrogen-bond donors (Lipinski definition) is 2. The molecule has 0 bridgehead atoms. The van der Waals surface area contributed by atoms with Gasteiger partial charge in [0, 0.05) is 23.1 Å². The number of anilines is 2. The van der Waals surface area contributed by atoms with Crippen molar-refractivity contribution in [3.05, 3.63) is 41.7 Å². The average Bonchev–Trinajstić information content (AvgIpc) is 2.84. The third kappa shape index (κ3) is 2.11. The lowest BCUT2D eigenvalue weighted by Crippen LogP contribution is -2.25. The quantitative estimate of drug-likeness (QED) is 0.724. The maximum Gasteiger partial charge on any atom is 0.262 e. The van der Waals surface area contributed by atoms with Crippen LogP contribution in [0.15, 0.2) is 30.5 Å². The summed E-state index contributed by atoms with van der Waals surface area (Å²) in [4.78, 5) is 16.2. The minimum absolute atomic E-state index is 0.0538. The second kappa shape index (κ2) is 4.74. The van der Waals surface area contributed by atoms with Crippen LogP contribution >= 0.6 is 0 Å². The number of nitrogen functional groups attached to an aromatic ring is 1. The van der Waals surface area contributed by atoms with Crippen molar-refractivity contribution in [3.63, 3.8) is 0 Å². The number of nitrogens with zero attached hydrogens (tertiary/aromatic N) is 2. The van der Waals surface area contributed by atoms with Crippen LogP contribution in [0.2, 0.25) is 0 Å². The van der Waals surface area contributed by atoms with Gasteiger partial charge in [-0.25, -0.2) is 4.98 Å². The van der Waals surface area contributed by atoms with Crippen LogP contribution in [0.1, 0.15) is 11.3 Å². The standard InChI is InChI=1S/C17H16N4O2/c1-9-5-12(18)7-21-10(2)16(20-17(9)21)11-3-4-14-13(6-11)19-15(22)8-23-14/h3-7H,8,18H2,1-2H3,(H,19,22). The van der Waals surface area contributed by atoms with Gasteiger partial charge in [0.2, 0.25) is 0 Å². The summed E-state index contributed by atoms with van der Waals surface area (Å²) in [6.45, 7) is 4.05. The molecular weight excluding hydrogens is 292 g/mol. The molecule has 6 nitrogen and oxygen atoms in total. The monoisotopic (exact) mass is 308 g/mol. The molecule has 0 spiro atoms. The number of fused-ring (bicyclic) bond motifs is 2. The molecule has 0 atom stereocenters. The molecule has 116 valence electrons. The molecule has 0 saturated carbocycles. The van der Waals surface area contributed by atoms with Gasteiger partial charge < -0.3 is 20.2 Å². The number of nitrogens with two attached hydrogens (primary N) is 1. The van der Waals surface area contributed by atoms with E-state index >= 15 is 0 Å². The number of ether oxygens (including phenoxy) is 1. The number of rotatable bonds is 1. The highest BCUT2D eigenvalue weighted by molar-refractivity contribution is 5.96. The summed E-state index contributed by atoms with van der Waals surface area (Å²) in [5.74, 6) is 0.528. The molecule has 0 saturated heterocycles. The van der Waals surface area contributed by atoms with E-state index < -0.39 is 0 Å². The fourth-order valence-corrected chi connectivity index (χ4v) is 2.95. The molecule has 1 aliphatic rings. The number of imidazole rings is 1. The fraction of sp³-hybridized carbons (Fsp3) is 0.176. The van der Waals surface area contributed by atoms with E-state index in [9.17, 15) is 4.79 Å². The van der Waals surface area contributed by atoms with Crippen molar-refractivity contribution in [2.75, 3.05) is 17.7 Å². The summed E-state index contributed by atoms with van der Waals surface area (Å²) in [6, 6.07) is 7.60. The Hall–Kier alpha value is -3.02. The van der Waals surface area contributed by atoms with Crippen molar-refractivity contribution < 1.29 is 9.53 Å². The van der Waals surface area contributed by atoms with Gasteiger partial charge in [-0.15, -0.1) is 0 Å². The predicted molar refractivity (Wildman–Crippen MR) is 88.6 cm³/mol. The lowest BCUT2D eigenvalue weighted by Gasteiger charge is -2.18. The average molecular weight is 308 g/mol. The molecule has 3 aromatic rings. The van der Waals surface area contributed by atoms with E-state index in [4.69, 9.17) is 15.5 Å². The minimum Gasteiger partial charge on any atom is -0.482 e. The summed E-state index contributed by atoms with van der Waals surface area (Å²) in [7, 11) is 0. The van der Waals surface area contributed by atoms with E-state index in [0.717, 1.165) is 28.2 Å². The van der Waals surface area contributed by atoms with E-state index in [0.29, 0.717) is 17.1 Å². The van der Waals surface area contributed by atoms with Gasteiger partial charge >= 0.3 is 0 Å². The highest BCUT2D eigenvalue weighted by Crippen LogP contribution is 2.34. The lowest BCUT2D eigenvalue weighted by molar-refractivity contribution is -0.118. The number of aromatic nitrogens is 2. The van der Waals surface area contributed by atoms with E-state index in [1.165, 1.54) is 0 Å². The summed E-state index contributed by atoms with van der Waals surface area (Å²) in [6.07, 6.45) is 1.87. The Balaban J connectivity index is 1.90. The largest absolute Gasteiger partial charge is 0.482 e. The maximum atomic E-state index is 11.5. The second-order valence-corrected chi connectivity index (χ2v) is 5.74. The van der Waals surface area contributed by atoms with Crippen molar-refractivity contribution in [1.82, 2.24) is 9.38 Å². The first-order valence-corrected chi connectivity index (χ1v) is 7.35. The van der Waals surface area contributed by atoms with Gasteiger partial charge in [-0.05, 0) is 43.7 Å². The molecule has 4 rings (SSSR count). The van der Waals surface area contributed by atoms with Crippen LogP contribution in [0.5, 0.6) is 5.75 Å². The van der Waals surface area contributed by atoms with Gasteiger partial charge in [0.05, 0.1) is 11.4 Å². The molecule has 1 aliphatic heterocycles. The molecular formula is C17H16N4O2. The summed E-state index contributed by atoms with van der Waals surface area (Å²) in [5, 5.41) is 2.83. The summed E-state index contributed by atoms with van der Waals surface area (Å²) >= 11 is 0. The maximum absolute atomic E-state index is 11.5. The van der Waals surface area contributed by atoms with E-state index in [1.54, 1.807) is 0 Å². The molecule has 2 aromatic heterocycles. The molecule has 0 unspecified atom stereocenters. The smallest absolute Gasteiger partial charge is 0.262 e. The summed E-state index contributed by atoms with van der Waals surface area (Å²) < 4.78 is 7.39. The third-order valence-electron chi connectivity index (χ3n) is 4.05. The molecule has 0 radical (unpaired) electrons. The number of carbonyl (C=O) groups is 1. The predicted octanol–water partition coefficient (Wildman–Crippen LogP) is 2.53. The Morgan fingerprint density at radius 1 is 1.30 bits per heavy atom. The Morgan fingerprint density at radius 3 is 2.96 bits per heavy atom. The van der Waals surface area contributed by atoms with Crippen LogP contribution in [-0.4, -0.2) is 21.9 Å². The van der Waals surface area contributed by atoms with Crippen molar-refractivity contribution in [3.8, 4) is 17.0 Å². The van der Waals surface area contributed by atoms with Gasteiger partial charge in [-0.2, -0.15) is 0 Å². The van der Waals surface area contributed by atoms with Gasteiger partial charge in [-0.1, -0.05) is 0 Å². The molecule has 1 amide bonds. The van der Waals surface area contributed by atoms with Crippen LogP contribution in [0, 0.1) is 13.8 Å². The van der Waals surface area contributed by atoms with Gasteiger partial charge in [0.15, 0.2) is 6.61 Å². The first-order valence-electron chi connectivity index (χ1n) is 7.35. The van der Waals surface area contributed by atoms with Crippen LogP contribution in [0.4, 0.5) is 11.4 Å². The molecule has 3 N–H and O–H groups in total. The van der Waals surface area contributed by atoms with Crippen molar-refractivity contribution in [1.29, 1.82) is 0 Å². The van der Waals surface area contributed by atoms with Crippen molar-refractivity contribution in [2.45, 2.75) is 13.8 Å². The second-order valence-electron chi connectivity index (χ2n) is 5.74. The van der Waals surface area contributed by atoms with Crippen molar-refractivity contribution >= 4 is 22.9 Å². The Labute approximate surface area is 132 Å². The first-order chi connectivity index (χ1) is 11.0. The number of amides is 1. The SMILES string of the molecule is Cc1cc(N)cn2c(C)c(-c3ccc4c(c3)NC(=O)CO4)nc12. The van der Waals surface area contributed by atoms with E-state index in [2.05, 4.69) is 5.32 Å². The number of aryl methyl sites for hydroxylation is 2.